The van der Waals surface area contributed by atoms with Crippen LogP contribution < -0.4 is 5.32 Å². The summed E-state index contributed by atoms with van der Waals surface area (Å²) in [6, 6.07) is -1.02. The van der Waals surface area contributed by atoms with Crippen molar-refractivity contribution in [3.63, 3.8) is 0 Å². The average molecular weight is 1530 g/mol. The monoisotopic (exact) mass is 1530 g/mol. The topological polar surface area (TPSA) is 307 Å². The Kier molecular flexibility index (Phi) is 61.0. The number of hydrogen-bond acceptors (Lipinski definition) is 18. The van der Waals surface area contributed by atoms with Gasteiger partial charge in [-0.3, -0.25) is 4.79 Å². The standard InChI is InChI=1S/C90H147NO18/c1-3-5-7-9-11-13-15-17-19-21-23-25-27-28-29-30-31-32-33-34-35-36-37-38-39-40-41-42-43-44-46-48-50-52-54-56-58-60-62-64-66-68-78(96)91-73(74(95)67-65-63-61-59-57-55-53-51-49-47-45-26-24-22-20-18-16-14-12-10-8-6-4-2)72-104-88-84(102)81(99)86(76(70-93)106-88)109-90-85(103)82(100)87(77(71-94)107-90)108-89-83(101)80(98)79(97)75(69-92)105-89/h5,7,11,13,17,19,23,25,28-29,31-32,34-35,37-38,40-41,43-44,48-51,57,59,65,67,73-77,79-90,92-95,97-103H,3-4,6,8-10,12,14-16,18,20-22,24,26-27,30,33,36,39,42,45-47,52-56,58,60-64,66,68-72H2,1-2H3,(H,91,96)/b7-5-,13-11-,19-17-,25-23-,29-28-,32-31-,35-34-,38-37-,41-40-,44-43-,50-48-,51-49+,59-57+,67-65+. The van der Waals surface area contributed by atoms with Crippen LogP contribution in [0.2, 0.25) is 0 Å². The Morgan fingerprint density at radius 3 is 1.03 bits per heavy atom. The molecule has 3 aliphatic heterocycles. The molecule has 109 heavy (non-hydrogen) atoms. The number of aliphatic hydroxyl groups is 11. The van der Waals surface area contributed by atoms with Crippen molar-refractivity contribution in [2.75, 3.05) is 26.4 Å². The third-order valence-corrected chi connectivity index (χ3v) is 19.5. The number of unbranched alkanes of at least 4 members (excludes halogenated alkanes) is 22. The fourth-order valence-electron chi connectivity index (χ4n) is 12.8. The van der Waals surface area contributed by atoms with Gasteiger partial charge in [0.15, 0.2) is 18.9 Å². The predicted molar refractivity (Wildman–Crippen MR) is 438 cm³/mol. The van der Waals surface area contributed by atoms with Crippen molar-refractivity contribution in [2.45, 2.75) is 362 Å². The first-order valence-electron chi connectivity index (χ1n) is 41.9. The van der Waals surface area contributed by atoms with Gasteiger partial charge < -0.3 is 89.9 Å². The first-order valence-corrected chi connectivity index (χ1v) is 41.9. The zero-order valence-electron chi connectivity index (χ0n) is 66.5. The summed E-state index contributed by atoms with van der Waals surface area (Å²) in [4.78, 5) is 13.5. The molecule has 620 valence electrons. The molecule has 17 unspecified atom stereocenters. The molecular weight excluding hydrogens is 1380 g/mol. The fourth-order valence-corrected chi connectivity index (χ4v) is 12.8. The third kappa shape index (κ3) is 46.8. The van der Waals surface area contributed by atoms with Gasteiger partial charge in [0.1, 0.15) is 73.2 Å². The summed E-state index contributed by atoms with van der Waals surface area (Å²) in [6.45, 7) is 1.58. The van der Waals surface area contributed by atoms with Crippen LogP contribution in [0.1, 0.15) is 258 Å². The van der Waals surface area contributed by atoms with Crippen LogP contribution in [0.5, 0.6) is 0 Å². The van der Waals surface area contributed by atoms with Gasteiger partial charge in [-0.25, -0.2) is 0 Å². The molecular formula is C90H147NO18. The summed E-state index contributed by atoms with van der Waals surface area (Å²) >= 11 is 0. The van der Waals surface area contributed by atoms with Crippen molar-refractivity contribution in [2.24, 2.45) is 0 Å². The number of carbonyl (C=O) groups excluding carboxylic acids is 1. The van der Waals surface area contributed by atoms with Gasteiger partial charge >= 0.3 is 0 Å². The largest absolute Gasteiger partial charge is 0.394 e. The second kappa shape index (κ2) is 67.6. The molecule has 0 aliphatic carbocycles. The predicted octanol–water partition coefficient (Wildman–Crippen LogP) is 14.9. The number of amides is 1. The summed E-state index contributed by atoms with van der Waals surface area (Å²) in [5.74, 6) is -0.307. The smallest absolute Gasteiger partial charge is 0.220 e. The lowest BCUT2D eigenvalue weighted by molar-refractivity contribution is -0.379. The summed E-state index contributed by atoms with van der Waals surface area (Å²) in [5, 5.41) is 121. The van der Waals surface area contributed by atoms with Gasteiger partial charge in [0, 0.05) is 6.42 Å². The Morgan fingerprint density at radius 2 is 0.642 bits per heavy atom. The Morgan fingerprint density at radius 1 is 0.339 bits per heavy atom. The first kappa shape index (κ1) is 98.3. The van der Waals surface area contributed by atoms with E-state index in [0.717, 1.165) is 141 Å². The van der Waals surface area contributed by atoms with Crippen LogP contribution >= 0.6 is 0 Å². The highest BCUT2D eigenvalue weighted by atomic mass is 16.8. The SMILES string of the molecule is CC/C=C\C/C=C\C/C=C\C/C=C\C/C=C\C/C=C\C/C=C\C/C=C\C/C=C\C/C=C\C/C=C\CCCCCCCCCC(=O)NC(COC1OC(CO)C(OC2OC(CO)C(OC3OC(CO)C(O)C(O)C3O)C(O)C2O)C(O)C1O)C(O)/C=C/CC/C=C/CC/C=C/CCCCCCCCCCCCCCC. The van der Waals surface area contributed by atoms with E-state index in [1.165, 1.54) is 83.5 Å². The third-order valence-electron chi connectivity index (χ3n) is 19.5. The summed E-state index contributed by atoms with van der Waals surface area (Å²) in [7, 11) is 0. The molecule has 0 bridgehead atoms. The molecule has 1 amide bonds. The molecule has 0 radical (unpaired) electrons. The van der Waals surface area contributed by atoms with Gasteiger partial charge in [0.05, 0.1) is 38.6 Å². The van der Waals surface area contributed by atoms with Crippen molar-refractivity contribution in [1.29, 1.82) is 0 Å². The highest BCUT2D eigenvalue weighted by Crippen LogP contribution is 2.33. The van der Waals surface area contributed by atoms with Crippen LogP contribution in [0, 0.1) is 0 Å². The number of hydrogen-bond donors (Lipinski definition) is 12. The number of carbonyl (C=O) groups is 1. The zero-order valence-corrected chi connectivity index (χ0v) is 66.5. The van der Waals surface area contributed by atoms with E-state index in [2.05, 4.69) is 177 Å². The summed E-state index contributed by atoms with van der Waals surface area (Å²) in [6.07, 6.45) is 74.8. The molecule has 0 spiro atoms. The van der Waals surface area contributed by atoms with E-state index in [1.54, 1.807) is 6.08 Å². The minimum atomic E-state index is -1.99. The van der Waals surface area contributed by atoms with Crippen molar-refractivity contribution < 1.29 is 89.4 Å². The average Bonchev–Trinajstić information content (AvgIpc) is 0.760. The van der Waals surface area contributed by atoms with Crippen LogP contribution in [0.3, 0.4) is 0 Å². The van der Waals surface area contributed by atoms with Crippen LogP contribution in [-0.2, 0) is 33.2 Å². The molecule has 0 saturated carbocycles. The van der Waals surface area contributed by atoms with Crippen molar-refractivity contribution >= 4 is 5.91 Å². The van der Waals surface area contributed by atoms with E-state index in [-0.39, 0.29) is 18.9 Å². The van der Waals surface area contributed by atoms with Gasteiger partial charge in [-0.15, -0.1) is 0 Å². The van der Waals surface area contributed by atoms with Crippen LogP contribution in [0.15, 0.2) is 170 Å². The number of aliphatic hydroxyl groups excluding tert-OH is 11. The molecule has 3 fully saturated rings. The fraction of sp³-hybridized carbons (Fsp3) is 0.678. The molecule has 3 heterocycles. The van der Waals surface area contributed by atoms with Crippen molar-refractivity contribution in [3.8, 4) is 0 Å². The maximum atomic E-state index is 13.5. The lowest BCUT2D eigenvalue weighted by atomic mass is 9.96. The number of allylic oxidation sites excluding steroid dienone is 27. The molecule has 3 aliphatic rings. The van der Waals surface area contributed by atoms with E-state index in [9.17, 15) is 61.0 Å². The highest BCUT2D eigenvalue weighted by Gasteiger charge is 2.54. The maximum Gasteiger partial charge on any atom is 0.220 e. The first-order chi connectivity index (χ1) is 53.3. The second-order valence-corrected chi connectivity index (χ2v) is 28.8. The summed E-state index contributed by atoms with van der Waals surface area (Å²) in [5.41, 5.74) is 0. The van der Waals surface area contributed by atoms with Gasteiger partial charge in [0.2, 0.25) is 5.91 Å². The minimum Gasteiger partial charge on any atom is -0.394 e. The van der Waals surface area contributed by atoms with Crippen LogP contribution in [0.25, 0.3) is 0 Å². The molecule has 12 N–H and O–H groups in total. The lowest BCUT2D eigenvalue weighted by Gasteiger charge is -2.48. The number of rotatable bonds is 64. The maximum absolute atomic E-state index is 13.5. The van der Waals surface area contributed by atoms with E-state index >= 15 is 0 Å². The van der Waals surface area contributed by atoms with Gasteiger partial charge in [-0.2, -0.15) is 0 Å². The molecule has 0 aromatic carbocycles. The molecule has 19 nitrogen and oxygen atoms in total. The molecule has 0 aromatic rings. The quantitative estimate of drug-likeness (QED) is 0.0199. The molecule has 17 atom stereocenters. The lowest BCUT2D eigenvalue weighted by Crippen LogP contribution is -2.66. The van der Waals surface area contributed by atoms with Crippen LogP contribution in [-0.4, -0.2) is 193 Å². The molecule has 0 aromatic heterocycles. The Bertz CT molecular complexity index is 2640. The Labute approximate surface area is 656 Å². The van der Waals surface area contributed by atoms with Gasteiger partial charge in [0.25, 0.3) is 0 Å². The Hall–Kier alpha value is -4.85. The zero-order chi connectivity index (χ0) is 78.8. The minimum absolute atomic E-state index is 0.208. The second-order valence-electron chi connectivity index (χ2n) is 28.8. The number of nitrogens with one attached hydrogen (secondary N) is 1. The molecule has 3 saturated heterocycles. The van der Waals surface area contributed by atoms with Crippen molar-refractivity contribution in [3.05, 3.63) is 170 Å². The number of ether oxygens (including phenoxy) is 6. The normalized spacial score (nSPS) is 26.2. The van der Waals surface area contributed by atoms with E-state index < -0.39 is 124 Å². The van der Waals surface area contributed by atoms with Crippen molar-refractivity contribution in [1.82, 2.24) is 5.32 Å². The van der Waals surface area contributed by atoms with Crippen LogP contribution in [0.4, 0.5) is 0 Å². The van der Waals surface area contributed by atoms with Gasteiger partial charge in [-0.05, 0) is 128 Å². The summed E-state index contributed by atoms with van der Waals surface area (Å²) < 4.78 is 34.4. The molecule has 19 heteroatoms. The molecule has 3 rings (SSSR count). The highest BCUT2D eigenvalue weighted by molar-refractivity contribution is 5.76. The van der Waals surface area contributed by atoms with E-state index in [4.69, 9.17) is 28.4 Å². The van der Waals surface area contributed by atoms with Gasteiger partial charge in [-0.1, -0.05) is 293 Å². The van der Waals surface area contributed by atoms with E-state index in [0.29, 0.717) is 12.8 Å². The Balaban J connectivity index is 1.37. The van der Waals surface area contributed by atoms with E-state index in [1.807, 2.05) is 6.08 Å².